The zero-order valence-corrected chi connectivity index (χ0v) is 17.7. The molecular weight excluding hydrogens is 414 g/mol. The Morgan fingerprint density at radius 1 is 1.26 bits per heavy atom. The van der Waals surface area contributed by atoms with Gasteiger partial charge in [-0.3, -0.25) is 10.1 Å². The highest BCUT2D eigenvalue weighted by Gasteiger charge is 2.26. The number of aryl methyl sites for hydroxylation is 1. The molecule has 1 aliphatic rings. The summed E-state index contributed by atoms with van der Waals surface area (Å²) >= 11 is 1.47. The molecule has 1 amide bonds. The molecule has 0 spiro atoms. The molecular formula is C20H23N9OS. The topological polar surface area (TPSA) is 135 Å². The normalized spacial score (nSPS) is 19.1. The maximum Gasteiger partial charge on any atom is 0.224 e. The molecule has 0 aliphatic carbocycles. The summed E-state index contributed by atoms with van der Waals surface area (Å²) < 4.78 is 1.67. The van der Waals surface area contributed by atoms with Crippen LogP contribution < -0.4 is 21.7 Å². The SMILES string of the molecule is Cc1ccccc1N/C(N)=N/C1NC(=O)CC(CSc2nnnn2-c2ccccc2)N1. The second-order valence-electron chi connectivity index (χ2n) is 7.01. The van der Waals surface area contributed by atoms with Crippen LogP contribution in [0.2, 0.25) is 0 Å². The predicted molar refractivity (Wildman–Crippen MR) is 120 cm³/mol. The van der Waals surface area contributed by atoms with Crippen LogP contribution in [0.5, 0.6) is 0 Å². The second-order valence-corrected chi connectivity index (χ2v) is 8.00. The number of carbonyl (C=O) groups is 1. The standard InChI is InChI=1S/C20H23N9OS/c1-13-7-5-6-10-16(13)23-18(21)25-19-22-14(11-17(30)24-19)12-31-20-26-27-28-29(20)15-8-3-2-4-9-15/h2-10,14,19,22H,11-12H2,1H3,(H,24,30)(H3,21,23,25). The number of anilines is 1. The fourth-order valence-electron chi connectivity index (χ4n) is 3.13. The van der Waals surface area contributed by atoms with Crippen LogP contribution in [0, 0.1) is 6.92 Å². The fraction of sp³-hybridized carbons (Fsp3) is 0.250. The molecule has 2 aromatic carbocycles. The number of rotatable bonds is 6. The fourth-order valence-corrected chi connectivity index (χ4v) is 4.06. The number of aromatic nitrogens is 4. The quantitative estimate of drug-likeness (QED) is 0.257. The van der Waals surface area contributed by atoms with Crippen LogP contribution in [-0.4, -0.2) is 50.2 Å². The molecule has 31 heavy (non-hydrogen) atoms. The predicted octanol–water partition coefficient (Wildman–Crippen LogP) is 1.25. The molecule has 2 unspecified atom stereocenters. The lowest BCUT2D eigenvalue weighted by atomic mass is 10.2. The Hall–Kier alpha value is -3.44. The Labute approximate surface area is 183 Å². The molecule has 0 bridgehead atoms. The first-order valence-electron chi connectivity index (χ1n) is 9.76. The van der Waals surface area contributed by atoms with E-state index in [1.54, 1.807) is 4.68 Å². The number of nitrogens with two attached hydrogens (primary N) is 1. The third kappa shape index (κ3) is 5.38. The molecule has 1 aliphatic heterocycles. The molecule has 11 heteroatoms. The first kappa shape index (κ1) is 20.8. The van der Waals surface area contributed by atoms with Crippen molar-refractivity contribution in [1.29, 1.82) is 0 Å². The first-order valence-corrected chi connectivity index (χ1v) is 10.7. The number of benzene rings is 2. The maximum atomic E-state index is 12.2. The van der Waals surface area contributed by atoms with E-state index in [4.69, 9.17) is 5.73 Å². The van der Waals surface area contributed by atoms with Crippen molar-refractivity contribution >= 4 is 29.3 Å². The Morgan fingerprint density at radius 3 is 2.84 bits per heavy atom. The van der Waals surface area contributed by atoms with Gasteiger partial charge in [-0.25, -0.2) is 4.99 Å². The highest BCUT2D eigenvalue weighted by Crippen LogP contribution is 2.20. The van der Waals surface area contributed by atoms with E-state index in [0.717, 1.165) is 16.9 Å². The van der Waals surface area contributed by atoms with Crippen molar-refractivity contribution in [2.75, 3.05) is 11.1 Å². The number of para-hydroxylation sites is 2. The number of amides is 1. The average Bonchev–Trinajstić information content (AvgIpc) is 3.23. The van der Waals surface area contributed by atoms with Crippen LogP contribution in [0.1, 0.15) is 12.0 Å². The minimum atomic E-state index is -0.617. The Kier molecular flexibility index (Phi) is 6.43. The number of nitrogens with one attached hydrogen (secondary N) is 3. The monoisotopic (exact) mass is 437 g/mol. The van der Waals surface area contributed by atoms with Crippen molar-refractivity contribution in [3.8, 4) is 5.69 Å². The summed E-state index contributed by atoms with van der Waals surface area (Å²) in [5.41, 5.74) is 8.84. The highest BCUT2D eigenvalue weighted by atomic mass is 32.2. The number of nitrogens with zero attached hydrogens (tertiary/aromatic N) is 5. The summed E-state index contributed by atoms with van der Waals surface area (Å²) in [5, 5.41) is 21.7. The molecule has 1 fully saturated rings. The smallest absolute Gasteiger partial charge is 0.224 e. The van der Waals surface area contributed by atoms with Gasteiger partial charge < -0.3 is 16.4 Å². The molecule has 2 atom stereocenters. The number of carbonyl (C=O) groups excluding carboxylic acids is 1. The Bertz CT molecular complexity index is 1070. The van der Waals surface area contributed by atoms with Crippen LogP contribution in [0.15, 0.2) is 64.7 Å². The number of tetrazole rings is 1. The molecule has 2 heterocycles. The van der Waals surface area contributed by atoms with Crippen molar-refractivity contribution in [3.05, 3.63) is 60.2 Å². The largest absolute Gasteiger partial charge is 0.370 e. The Balaban J connectivity index is 1.38. The molecule has 3 aromatic rings. The lowest BCUT2D eigenvalue weighted by Crippen LogP contribution is -2.57. The van der Waals surface area contributed by atoms with Crippen LogP contribution >= 0.6 is 11.8 Å². The van der Waals surface area contributed by atoms with Crippen molar-refractivity contribution in [2.24, 2.45) is 10.7 Å². The second kappa shape index (κ2) is 9.58. The van der Waals surface area contributed by atoms with Gasteiger partial charge in [-0.15, -0.1) is 5.10 Å². The summed E-state index contributed by atoms with van der Waals surface area (Å²) in [6.07, 6.45) is -0.287. The van der Waals surface area contributed by atoms with E-state index in [1.165, 1.54) is 11.8 Å². The summed E-state index contributed by atoms with van der Waals surface area (Å²) in [5.74, 6) is 0.718. The van der Waals surface area contributed by atoms with Gasteiger partial charge in [0.2, 0.25) is 11.1 Å². The summed E-state index contributed by atoms with van der Waals surface area (Å²) in [4.78, 5) is 16.6. The van der Waals surface area contributed by atoms with E-state index in [1.807, 2.05) is 61.5 Å². The zero-order valence-electron chi connectivity index (χ0n) is 16.9. The minimum absolute atomic E-state index is 0.0931. The summed E-state index contributed by atoms with van der Waals surface area (Å²) in [6.45, 7) is 1.98. The van der Waals surface area contributed by atoms with Gasteiger partial charge >= 0.3 is 0 Å². The number of guanidine groups is 1. The van der Waals surface area contributed by atoms with E-state index in [2.05, 4.69) is 36.5 Å². The summed E-state index contributed by atoms with van der Waals surface area (Å²) in [7, 11) is 0. The van der Waals surface area contributed by atoms with E-state index in [0.29, 0.717) is 17.3 Å². The highest BCUT2D eigenvalue weighted by molar-refractivity contribution is 7.99. The average molecular weight is 438 g/mol. The van der Waals surface area contributed by atoms with Crippen molar-refractivity contribution < 1.29 is 4.79 Å². The van der Waals surface area contributed by atoms with Gasteiger partial charge in [0.15, 0.2) is 12.2 Å². The van der Waals surface area contributed by atoms with Gasteiger partial charge in [-0.2, -0.15) is 4.68 Å². The molecule has 0 saturated carbocycles. The van der Waals surface area contributed by atoms with E-state index in [9.17, 15) is 4.79 Å². The molecule has 10 nitrogen and oxygen atoms in total. The third-order valence-electron chi connectivity index (χ3n) is 4.65. The van der Waals surface area contributed by atoms with Gasteiger partial charge in [0.05, 0.1) is 5.69 Å². The maximum absolute atomic E-state index is 12.2. The van der Waals surface area contributed by atoms with Gasteiger partial charge in [-0.1, -0.05) is 48.2 Å². The molecule has 0 radical (unpaired) electrons. The first-order chi connectivity index (χ1) is 15.1. The zero-order chi connectivity index (χ0) is 21.6. The molecule has 160 valence electrons. The Morgan fingerprint density at radius 2 is 2.03 bits per heavy atom. The third-order valence-corrected chi connectivity index (χ3v) is 5.74. The number of hydrogen-bond donors (Lipinski definition) is 4. The molecule has 4 rings (SSSR count). The lowest BCUT2D eigenvalue weighted by molar-refractivity contribution is -0.124. The molecule has 1 saturated heterocycles. The van der Waals surface area contributed by atoms with Gasteiger partial charge in [0.1, 0.15) is 0 Å². The van der Waals surface area contributed by atoms with Crippen LogP contribution in [-0.2, 0) is 4.79 Å². The van der Waals surface area contributed by atoms with E-state index >= 15 is 0 Å². The molecule has 1 aromatic heterocycles. The van der Waals surface area contributed by atoms with Crippen LogP contribution in [0.25, 0.3) is 5.69 Å². The van der Waals surface area contributed by atoms with Crippen molar-refractivity contribution in [2.45, 2.75) is 30.8 Å². The number of aliphatic imine (C=N–C) groups is 1. The minimum Gasteiger partial charge on any atom is -0.370 e. The van der Waals surface area contributed by atoms with Crippen LogP contribution in [0.4, 0.5) is 5.69 Å². The van der Waals surface area contributed by atoms with Gasteiger partial charge in [-0.05, 0) is 41.1 Å². The van der Waals surface area contributed by atoms with E-state index in [-0.39, 0.29) is 17.9 Å². The number of hydrogen-bond acceptors (Lipinski definition) is 7. The van der Waals surface area contributed by atoms with Crippen molar-refractivity contribution in [1.82, 2.24) is 30.8 Å². The molecule has 5 N–H and O–H groups in total. The van der Waals surface area contributed by atoms with Crippen molar-refractivity contribution in [3.63, 3.8) is 0 Å². The number of thioether (sulfide) groups is 1. The summed E-state index contributed by atoms with van der Waals surface area (Å²) in [6, 6.07) is 17.3. The lowest BCUT2D eigenvalue weighted by Gasteiger charge is -2.29. The van der Waals surface area contributed by atoms with Gasteiger partial charge in [0, 0.05) is 23.9 Å². The van der Waals surface area contributed by atoms with Crippen LogP contribution in [0.3, 0.4) is 0 Å². The van der Waals surface area contributed by atoms with Gasteiger partial charge in [0.25, 0.3) is 0 Å². The van der Waals surface area contributed by atoms with E-state index < -0.39 is 6.29 Å².